The first-order valence-corrected chi connectivity index (χ1v) is 5.91. The molecule has 2 saturated heterocycles. The van der Waals surface area contributed by atoms with Gasteiger partial charge in [0.15, 0.2) is 17.5 Å². The van der Waals surface area contributed by atoms with E-state index in [0.29, 0.717) is 31.6 Å². The largest absolute Gasteiger partial charge is 0.381 e. The molecule has 2 atom stereocenters. The quantitative estimate of drug-likeness (QED) is 0.594. The van der Waals surface area contributed by atoms with Gasteiger partial charge >= 0.3 is 0 Å². The zero-order valence-electron chi connectivity index (χ0n) is 10.0. The van der Waals surface area contributed by atoms with Gasteiger partial charge in [0.25, 0.3) is 0 Å². The minimum absolute atomic E-state index is 0.0123. The maximum Gasteiger partial charge on any atom is 0.206 e. The van der Waals surface area contributed by atoms with Crippen LogP contribution in [0.25, 0.3) is 0 Å². The summed E-state index contributed by atoms with van der Waals surface area (Å²) in [6.45, 7) is 4.70. The van der Waals surface area contributed by atoms with Crippen molar-refractivity contribution in [2.45, 2.75) is 44.2 Å². The van der Waals surface area contributed by atoms with Crippen molar-refractivity contribution in [3.05, 3.63) is 11.6 Å². The Balaban J connectivity index is 1.85. The lowest BCUT2D eigenvalue weighted by molar-refractivity contribution is -0.517. The summed E-state index contributed by atoms with van der Waals surface area (Å²) in [6.07, 6.45) is 2.36. The van der Waals surface area contributed by atoms with Crippen molar-refractivity contribution in [3.63, 3.8) is 0 Å². The lowest BCUT2D eigenvalue weighted by Gasteiger charge is -2.45. The van der Waals surface area contributed by atoms with E-state index < -0.39 is 17.5 Å². The molecule has 3 rings (SSSR count). The fourth-order valence-electron chi connectivity index (χ4n) is 2.57. The summed E-state index contributed by atoms with van der Waals surface area (Å²) >= 11 is 0. The number of hydrogen-bond acceptors (Lipinski definition) is 5. The normalized spacial score (nSPS) is 40.2. The molecular weight excluding hydrogens is 224 g/mol. The van der Waals surface area contributed by atoms with E-state index in [2.05, 4.69) is 0 Å². The summed E-state index contributed by atoms with van der Waals surface area (Å²) in [4.78, 5) is 22.9. The molecule has 1 aliphatic carbocycles. The SMILES string of the molecule is CC1=C[C@]2(C)OOC3(CCOCC3)O[C@@H]2C1=O. The van der Waals surface area contributed by atoms with E-state index >= 15 is 0 Å². The third-order valence-corrected chi connectivity index (χ3v) is 3.61. The lowest BCUT2D eigenvalue weighted by Crippen LogP contribution is -2.58. The molecule has 5 heteroatoms. The molecule has 0 amide bonds. The smallest absolute Gasteiger partial charge is 0.206 e. The van der Waals surface area contributed by atoms with Gasteiger partial charge in [-0.15, -0.1) is 0 Å². The average Bonchev–Trinajstić information content (AvgIpc) is 2.54. The summed E-state index contributed by atoms with van der Waals surface area (Å²) in [5.41, 5.74) is -0.115. The fraction of sp³-hybridized carbons (Fsp3) is 0.750. The Kier molecular flexibility index (Phi) is 2.42. The number of Topliss-reactive ketones (excluding diaryl/α,β-unsaturated/α-hetero) is 1. The third-order valence-electron chi connectivity index (χ3n) is 3.61. The van der Waals surface area contributed by atoms with Crippen LogP contribution < -0.4 is 0 Å². The lowest BCUT2D eigenvalue weighted by atomic mass is 10.00. The van der Waals surface area contributed by atoms with Gasteiger partial charge in [0.05, 0.1) is 13.2 Å². The number of ketones is 1. The molecule has 0 N–H and O–H groups in total. The van der Waals surface area contributed by atoms with Crippen molar-refractivity contribution in [2.75, 3.05) is 13.2 Å². The van der Waals surface area contributed by atoms with E-state index in [0.717, 1.165) is 0 Å². The Morgan fingerprint density at radius 2 is 2.00 bits per heavy atom. The second-order valence-electron chi connectivity index (χ2n) is 5.06. The van der Waals surface area contributed by atoms with Crippen molar-refractivity contribution in [1.82, 2.24) is 0 Å². The highest BCUT2D eigenvalue weighted by molar-refractivity contribution is 6.02. The second kappa shape index (κ2) is 3.62. The molecule has 2 heterocycles. The molecular formula is C12H16O5. The number of ether oxygens (including phenoxy) is 2. The number of carbonyl (C=O) groups excluding carboxylic acids is 1. The molecule has 2 aliphatic heterocycles. The Morgan fingerprint density at radius 1 is 1.29 bits per heavy atom. The van der Waals surface area contributed by atoms with Crippen LogP contribution in [0.3, 0.4) is 0 Å². The van der Waals surface area contributed by atoms with Gasteiger partial charge in [-0.2, -0.15) is 4.89 Å². The highest BCUT2D eigenvalue weighted by Gasteiger charge is 2.56. The monoisotopic (exact) mass is 240 g/mol. The molecule has 0 unspecified atom stereocenters. The van der Waals surface area contributed by atoms with Gasteiger partial charge in [-0.3, -0.25) is 4.79 Å². The van der Waals surface area contributed by atoms with Gasteiger partial charge in [0.2, 0.25) is 5.79 Å². The van der Waals surface area contributed by atoms with Crippen molar-refractivity contribution in [2.24, 2.45) is 0 Å². The second-order valence-corrected chi connectivity index (χ2v) is 5.06. The zero-order valence-corrected chi connectivity index (χ0v) is 10.0. The molecule has 0 radical (unpaired) electrons. The Bertz CT molecular complexity index is 382. The summed E-state index contributed by atoms with van der Waals surface area (Å²) in [7, 11) is 0. The molecule has 5 nitrogen and oxygen atoms in total. The first-order chi connectivity index (χ1) is 8.05. The molecule has 94 valence electrons. The Labute approximate surface area is 99.6 Å². The topological polar surface area (TPSA) is 54.0 Å². The van der Waals surface area contributed by atoms with Gasteiger partial charge in [0.1, 0.15) is 0 Å². The number of rotatable bonds is 0. The van der Waals surface area contributed by atoms with Gasteiger partial charge in [-0.1, -0.05) is 0 Å². The van der Waals surface area contributed by atoms with Crippen LogP contribution >= 0.6 is 0 Å². The van der Waals surface area contributed by atoms with Crippen LogP contribution in [0.2, 0.25) is 0 Å². The maximum absolute atomic E-state index is 12.0. The van der Waals surface area contributed by atoms with E-state index in [1.165, 1.54) is 0 Å². The fourth-order valence-corrected chi connectivity index (χ4v) is 2.57. The van der Waals surface area contributed by atoms with E-state index in [9.17, 15) is 4.79 Å². The molecule has 1 spiro atoms. The first kappa shape index (κ1) is 11.3. The van der Waals surface area contributed by atoms with Crippen LogP contribution in [0, 0.1) is 0 Å². The number of carbonyl (C=O) groups is 1. The summed E-state index contributed by atoms with van der Waals surface area (Å²) in [6, 6.07) is 0. The predicted octanol–water partition coefficient (Wildman–Crippen LogP) is 1.13. The van der Waals surface area contributed by atoms with Crippen molar-refractivity contribution >= 4 is 5.78 Å². The van der Waals surface area contributed by atoms with Gasteiger partial charge in [-0.25, -0.2) is 4.89 Å². The number of fused-ring (bicyclic) bond motifs is 1. The minimum Gasteiger partial charge on any atom is -0.381 e. The van der Waals surface area contributed by atoms with Crippen LogP contribution in [0.1, 0.15) is 26.7 Å². The minimum atomic E-state index is -0.809. The van der Waals surface area contributed by atoms with Gasteiger partial charge < -0.3 is 9.47 Å². The Morgan fingerprint density at radius 3 is 2.71 bits per heavy atom. The van der Waals surface area contributed by atoms with Crippen LogP contribution in [-0.4, -0.2) is 36.5 Å². The summed E-state index contributed by atoms with van der Waals surface area (Å²) in [5, 5.41) is 0. The van der Waals surface area contributed by atoms with Gasteiger partial charge in [0, 0.05) is 12.8 Å². The van der Waals surface area contributed by atoms with E-state index in [1.807, 2.05) is 0 Å². The molecule has 2 fully saturated rings. The van der Waals surface area contributed by atoms with Crippen LogP contribution in [0.15, 0.2) is 11.6 Å². The van der Waals surface area contributed by atoms with E-state index in [4.69, 9.17) is 19.2 Å². The van der Waals surface area contributed by atoms with Crippen molar-refractivity contribution < 1.29 is 24.0 Å². The highest BCUT2D eigenvalue weighted by atomic mass is 17.2. The van der Waals surface area contributed by atoms with Crippen LogP contribution in [0.5, 0.6) is 0 Å². The van der Waals surface area contributed by atoms with E-state index in [1.54, 1.807) is 19.9 Å². The average molecular weight is 240 g/mol. The highest BCUT2D eigenvalue weighted by Crippen LogP contribution is 2.42. The molecule has 0 aromatic heterocycles. The van der Waals surface area contributed by atoms with Crippen LogP contribution in [0.4, 0.5) is 0 Å². The van der Waals surface area contributed by atoms with Crippen LogP contribution in [-0.2, 0) is 24.0 Å². The predicted molar refractivity (Wildman–Crippen MR) is 57.0 cm³/mol. The Hall–Kier alpha value is -0.750. The van der Waals surface area contributed by atoms with Gasteiger partial charge in [-0.05, 0) is 25.5 Å². The molecule has 3 aliphatic rings. The maximum atomic E-state index is 12.0. The standard InChI is InChI=1S/C12H16O5/c1-8-7-11(2)10(9(8)13)15-12(17-16-11)3-5-14-6-4-12/h7,10H,3-6H2,1-2H3/t10-,11+/m1/s1. The molecule has 0 aromatic rings. The molecule has 0 aromatic carbocycles. The third kappa shape index (κ3) is 1.65. The number of hydrogen-bond donors (Lipinski definition) is 0. The molecule has 17 heavy (non-hydrogen) atoms. The van der Waals surface area contributed by atoms with E-state index in [-0.39, 0.29) is 5.78 Å². The molecule has 0 bridgehead atoms. The molecule has 0 saturated carbocycles. The first-order valence-electron chi connectivity index (χ1n) is 5.91. The summed E-state index contributed by atoms with van der Waals surface area (Å²) in [5.74, 6) is -0.821. The zero-order chi connectivity index (χ0) is 12.1. The van der Waals surface area contributed by atoms with Crippen molar-refractivity contribution in [3.8, 4) is 0 Å². The van der Waals surface area contributed by atoms with Crippen molar-refractivity contribution in [1.29, 1.82) is 0 Å². The summed E-state index contributed by atoms with van der Waals surface area (Å²) < 4.78 is 11.2.